The van der Waals surface area contributed by atoms with Crippen LogP contribution in [0.1, 0.15) is 31.4 Å². The Morgan fingerprint density at radius 3 is 2.91 bits per heavy atom. The van der Waals surface area contributed by atoms with Gasteiger partial charge in [-0.15, -0.1) is 0 Å². The molecule has 3 rings (SSSR count). The zero-order chi connectivity index (χ0) is 16.1. The summed E-state index contributed by atoms with van der Waals surface area (Å²) in [6.07, 6.45) is 2.33. The topological polar surface area (TPSA) is 32.5 Å². The third-order valence-electron chi connectivity index (χ3n) is 4.62. The van der Waals surface area contributed by atoms with Gasteiger partial charge in [-0.1, -0.05) is 42.7 Å². The van der Waals surface area contributed by atoms with Crippen molar-refractivity contribution in [3.63, 3.8) is 0 Å². The maximum absolute atomic E-state index is 5.47. The van der Waals surface area contributed by atoms with Crippen LogP contribution in [0.15, 0.2) is 40.8 Å². The minimum atomic E-state index is 0.528. The number of hydrogen-bond donors (Lipinski definition) is 0. The van der Waals surface area contributed by atoms with E-state index in [1.807, 2.05) is 17.5 Å². The molecule has 0 spiro atoms. The molecule has 1 aromatic heterocycles. The lowest BCUT2D eigenvalue weighted by molar-refractivity contribution is 0.200. The summed E-state index contributed by atoms with van der Waals surface area (Å²) in [5.74, 6) is 0.528. The zero-order valence-electron chi connectivity index (χ0n) is 13.8. The van der Waals surface area contributed by atoms with Crippen LogP contribution in [0.4, 0.5) is 0 Å². The Morgan fingerprint density at radius 2 is 2.17 bits per heavy atom. The molecule has 23 heavy (non-hydrogen) atoms. The smallest absolute Gasteiger partial charge is 0.167 e. The van der Waals surface area contributed by atoms with E-state index in [2.05, 4.69) is 40.0 Å². The van der Waals surface area contributed by atoms with Gasteiger partial charge in [-0.25, -0.2) is 4.31 Å². The van der Waals surface area contributed by atoms with E-state index in [-0.39, 0.29) is 0 Å². The van der Waals surface area contributed by atoms with Crippen LogP contribution >= 0.6 is 11.9 Å². The number of fused-ring (bicyclic) bond motifs is 1. The second kappa shape index (κ2) is 7.99. The molecule has 5 heteroatoms. The molecule has 0 aliphatic carbocycles. The fourth-order valence-corrected chi connectivity index (χ4v) is 3.82. The summed E-state index contributed by atoms with van der Waals surface area (Å²) >= 11 is 1.71. The average Bonchev–Trinajstić information content (AvgIpc) is 3.03. The quantitative estimate of drug-likeness (QED) is 0.713. The predicted molar refractivity (Wildman–Crippen MR) is 97.5 cm³/mol. The van der Waals surface area contributed by atoms with Gasteiger partial charge in [0, 0.05) is 30.9 Å². The monoisotopic (exact) mass is 331 g/mol. The molecule has 0 bridgehead atoms. The van der Waals surface area contributed by atoms with Crippen molar-refractivity contribution in [3.05, 3.63) is 41.9 Å². The number of para-hydroxylation sites is 1. The first-order valence-electron chi connectivity index (χ1n) is 8.41. The third-order valence-corrected chi connectivity index (χ3v) is 5.51. The van der Waals surface area contributed by atoms with Crippen LogP contribution in [-0.2, 0) is 0 Å². The number of hydrogen-bond acceptors (Lipinski definition) is 5. The van der Waals surface area contributed by atoms with Crippen LogP contribution in [0, 0.1) is 0 Å². The van der Waals surface area contributed by atoms with Gasteiger partial charge in [-0.3, -0.25) is 0 Å². The molecule has 2 heterocycles. The van der Waals surface area contributed by atoms with Gasteiger partial charge < -0.3 is 9.42 Å². The number of aromatic nitrogens is 1. The first-order valence-corrected chi connectivity index (χ1v) is 9.24. The highest BCUT2D eigenvalue weighted by Gasteiger charge is 2.24. The first-order chi connectivity index (χ1) is 11.3. The molecule has 1 fully saturated rings. The van der Waals surface area contributed by atoms with Crippen LogP contribution in [0.25, 0.3) is 11.0 Å². The number of likely N-dealkylation sites (N-methyl/N-ethyl adjacent to an activating group) is 1. The zero-order valence-corrected chi connectivity index (χ0v) is 14.6. The molecule has 4 nitrogen and oxygen atoms in total. The molecule has 0 saturated carbocycles. The van der Waals surface area contributed by atoms with Crippen molar-refractivity contribution < 1.29 is 4.52 Å². The normalized spacial score (nSPS) is 17.1. The second-order valence-corrected chi connectivity index (χ2v) is 7.03. The molecule has 0 radical (unpaired) electrons. The molecule has 0 unspecified atom stereocenters. The van der Waals surface area contributed by atoms with Gasteiger partial charge in [-0.2, -0.15) is 0 Å². The van der Waals surface area contributed by atoms with Crippen molar-refractivity contribution in [1.29, 1.82) is 0 Å². The fraction of sp³-hybridized carbons (Fsp3) is 0.500. The van der Waals surface area contributed by atoms with Crippen LogP contribution in [-0.4, -0.2) is 47.1 Å². The molecule has 1 aliphatic heterocycles. The van der Waals surface area contributed by atoms with Crippen molar-refractivity contribution in [1.82, 2.24) is 14.4 Å². The summed E-state index contributed by atoms with van der Waals surface area (Å²) < 4.78 is 7.82. The average molecular weight is 331 g/mol. The number of nitrogens with zero attached hydrogens (tertiary/aromatic N) is 3. The van der Waals surface area contributed by atoms with Crippen molar-refractivity contribution in [2.75, 3.05) is 32.7 Å². The Labute approximate surface area is 142 Å². The van der Waals surface area contributed by atoms with Gasteiger partial charge in [0.05, 0.1) is 5.69 Å². The Bertz CT molecular complexity index is 634. The summed E-state index contributed by atoms with van der Waals surface area (Å²) in [4.78, 5) is 2.56. The van der Waals surface area contributed by atoms with E-state index in [4.69, 9.17) is 4.52 Å². The SMILES string of the molecule is C=CSN(CC)CCN1CCC(c2noc3ccccc23)CC1. The van der Waals surface area contributed by atoms with E-state index in [9.17, 15) is 0 Å². The molecule has 124 valence electrons. The highest BCUT2D eigenvalue weighted by molar-refractivity contribution is 7.99. The molecule has 1 saturated heterocycles. The number of rotatable bonds is 7. The molecule has 2 aromatic rings. The van der Waals surface area contributed by atoms with E-state index < -0.39 is 0 Å². The van der Waals surface area contributed by atoms with Crippen molar-refractivity contribution in [2.24, 2.45) is 0 Å². The standard InChI is InChI=1S/C18H25N3OS/c1-3-21(23-4-2)14-13-20-11-9-15(10-12-20)18-16-7-5-6-8-17(16)22-19-18/h4-8,15H,2-3,9-14H2,1H3. The van der Waals surface area contributed by atoms with Crippen molar-refractivity contribution in [2.45, 2.75) is 25.7 Å². The van der Waals surface area contributed by atoms with Gasteiger partial charge >= 0.3 is 0 Å². The van der Waals surface area contributed by atoms with Gasteiger partial charge in [0.15, 0.2) is 5.58 Å². The van der Waals surface area contributed by atoms with Gasteiger partial charge in [-0.05, 0) is 43.5 Å². The highest BCUT2D eigenvalue weighted by Crippen LogP contribution is 2.32. The van der Waals surface area contributed by atoms with E-state index in [0.717, 1.165) is 56.8 Å². The van der Waals surface area contributed by atoms with E-state index in [1.54, 1.807) is 11.9 Å². The van der Waals surface area contributed by atoms with E-state index in [1.165, 1.54) is 5.39 Å². The molecule has 1 aromatic carbocycles. The lowest BCUT2D eigenvalue weighted by Gasteiger charge is -2.32. The Hall–Kier alpha value is -1.30. The van der Waals surface area contributed by atoms with Crippen LogP contribution < -0.4 is 0 Å². The Balaban J connectivity index is 1.53. The maximum Gasteiger partial charge on any atom is 0.167 e. The molecule has 0 amide bonds. The highest BCUT2D eigenvalue weighted by atomic mass is 32.2. The minimum Gasteiger partial charge on any atom is -0.356 e. The van der Waals surface area contributed by atoms with Crippen molar-refractivity contribution >= 4 is 22.9 Å². The third kappa shape index (κ3) is 3.97. The van der Waals surface area contributed by atoms with Crippen LogP contribution in [0.3, 0.4) is 0 Å². The summed E-state index contributed by atoms with van der Waals surface area (Å²) in [6, 6.07) is 8.19. The summed E-state index contributed by atoms with van der Waals surface area (Å²) in [6.45, 7) is 11.5. The molecular formula is C18H25N3OS. The number of benzene rings is 1. The van der Waals surface area contributed by atoms with Crippen LogP contribution in [0.2, 0.25) is 0 Å². The lowest BCUT2D eigenvalue weighted by atomic mass is 9.91. The summed E-state index contributed by atoms with van der Waals surface area (Å²) in [5, 5.41) is 7.43. The Kier molecular flexibility index (Phi) is 5.75. The van der Waals surface area contributed by atoms with E-state index in [0.29, 0.717) is 5.92 Å². The van der Waals surface area contributed by atoms with Gasteiger partial charge in [0.2, 0.25) is 0 Å². The Morgan fingerprint density at radius 1 is 1.39 bits per heavy atom. The molecule has 0 N–H and O–H groups in total. The fourth-order valence-electron chi connectivity index (χ4n) is 3.27. The minimum absolute atomic E-state index is 0.528. The maximum atomic E-state index is 5.47. The largest absolute Gasteiger partial charge is 0.356 e. The van der Waals surface area contributed by atoms with E-state index >= 15 is 0 Å². The second-order valence-electron chi connectivity index (χ2n) is 5.97. The van der Waals surface area contributed by atoms with Crippen molar-refractivity contribution in [3.8, 4) is 0 Å². The summed E-state index contributed by atoms with van der Waals surface area (Å²) in [5.41, 5.74) is 2.06. The van der Waals surface area contributed by atoms with Gasteiger partial charge in [0.1, 0.15) is 0 Å². The molecule has 0 atom stereocenters. The molecule has 1 aliphatic rings. The first kappa shape index (κ1) is 16.6. The molecular weight excluding hydrogens is 306 g/mol. The lowest BCUT2D eigenvalue weighted by Crippen LogP contribution is -2.37. The number of piperidine rings is 1. The van der Waals surface area contributed by atoms with Crippen LogP contribution in [0.5, 0.6) is 0 Å². The number of likely N-dealkylation sites (tertiary alicyclic amines) is 1. The predicted octanol–water partition coefficient (Wildman–Crippen LogP) is 4.12. The van der Waals surface area contributed by atoms with Gasteiger partial charge in [0.25, 0.3) is 0 Å². The summed E-state index contributed by atoms with van der Waals surface area (Å²) in [7, 11) is 0.